The molecule has 2 aliphatic rings. The van der Waals surface area contributed by atoms with Crippen LogP contribution in [0.25, 0.3) is 0 Å². The summed E-state index contributed by atoms with van der Waals surface area (Å²) in [6, 6.07) is 5.85. The van der Waals surface area contributed by atoms with E-state index in [0.29, 0.717) is 50.4 Å². The number of aryl methyl sites for hydroxylation is 1. The molecule has 0 saturated carbocycles. The Bertz CT molecular complexity index is 1570. The summed E-state index contributed by atoms with van der Waals surface area (Å²) in [5, 5.41) is 27.2. The second-order valence-electron chi connectivity index (χ2n) is 12.1. The van der Waals surface area contributed by atoms with Gasteiger partial charge in [0.25, 0.3) is 5.91 Å². The Morgan fingerprint density at radius 1 is 1.08 bits per heavy atom. The number of hydrogen-bond acceptors (Lipinski definition) is 10. The smallest absolute Gasteiger partial charge is 0.252 e. The van der Waals surface area contributed by atoms with Gasteiger partial charge in [0.15, 0.2) is 0 Å². The molecule has 1 aromatic carbocycles. The van der Waals surface area contributed by atoms with E-state index in [1.165, 1.54) is 30.8 Å². The lowest BCUT2D eigenvalue weighted by molar-refractivity contribution is -0.132. The lowest BCUT2D eigenvalue weighted by Gasteiger charge is -2.26. The summed E-state index contributed by atoms with van der Waals surface area (Å²) in [6.45, 7) is 6.76. The number of aromatic nitrogens is 4. The van der Waals surface area contributed by atoms with Gasteiger partial charge in [-0.2, -0.15) is 0 Å². The maximum Gasteiger partial charge on any atom is 0.252 e. The van der Waals surface area contributed by atoms with E-state index in [9.17, 15) is 24.3 Å². The van der Waals surface area contributed by atoms with Gasteiger partial charge in [0.2, 0.25) is 17.7 Å². The van der Waals surface area contributed by atoms with E-state index in [2.05, 4.69) is 31.2 Å². The number of amides is 4. The summed E-state index contributed by atoms with van der Waals surface area (Å²) in [5.74, 6) is -1.32. The van der Waals surface area contributed by atoms with Crippen LogP contribution in [0.15, 0.2) is 53.8 Å². The minimum atomic E-state index is -1.35. The highest BCUT2D eigenvalue weighted by atomic mass is 35.5. The number of rotatable bonds is 6. The van der Waals surface area contributed by atoms with Gasteiger partial charge < -0.3 is 30.7 Å². The van der Waals surface area contributed by atoms with Gasteiger partial charge >= 0.3 is 0 Å². The molecule has 2 aliphatic heterocycles. The van der Waals surface area contributed by atoms with Gasteiger partial charge in [0.05, 0.1) is 29.2 Å². The van der Waals surface area contributed by atoms with Crippen LogP contribution < -0.4 is 20.7 Å². The van der Waals surface area contributed by atoms with Gasteiger partial charge in [-0.3, -0.25) is 28.8 Å². The van der Waals surface area contributed by atoms with Crippen LogP contribution in [-0.2, 0) is 27.3 Å². The van der Waals surface area contributed by atoms with Crippen LogP contribution in [0.5, 0.6) is 5.75 Å². The Kier molecular flexibility index (Phi) is 14.2. The average molecular weight is 715 g/mol. The molecule has 4 N–H and O–H groups in total. The maximum atomic E-state index is 13.4. The van der Waals surface area contributed by atoms with Gasteiger partial charge in [0, 0.05) is 68.1 Å². The number of thioether (sulfide) groups is 1. The highest BCUT2D eigenvalue weighted by Gasteiger charge is 2.31. The molecule has 0 unspecified atom stereocenters. The number of benzene rings is 1. The molecule has 3 aromatic rings. The summed E-state index contributed by atoms with van der Waals surface area (Å²) in [5.41, 5.74) is 0.874. The molecule has 16 heteroatoms. The summed E-state index contributed by atoms with van der Waals surface area (Å²) in [6.07, 6.45) is 5.24. The molecule has 2 aromatic heterocycles. The Morgan fingerprint density at radius 3 is 2.57 bits per heavy atom. The van der Waals surface area contributed by atoms with E-state index in [0.717, 1.165) is 4.90 Å². The van der Waals surface area contributed by atoms with Crippen molar-refractivity contribution < 1.29 is 29.0 Å². The predicted molar refractivity (Wildman–Crippen MR) is 184 cm³/mol. The highest BCUT2D eigenvalue weighted by molar-refractivity contribution is 8.00. The molecular formula is C33H43ClN8O6S. The van der Waals surface area contributed by atoms with E-state index in [1.807, 2.05) is 32.2 Å². The number of aliphatic hydroxyl groups is 1. The summed E-state index contributed by atoms with van der Waals surface area (Å²) in [4.78, 5) is 59.8. The molecule has 3 atom stereocenters. The van der Waals surface area contributed by atoms with Crippen molar-refractivity contribution in [1.82, 2.24) is 40.8 Å². The normalized spacial score (nSPS) is 19.3. The van der Waals surface area contributed by atoms with Crippen molar-refractivity contribution in [3.05, 3.63) is 65.2 Å². The van der Waals surface area contributed by atoms with Crippen molar-refractivity contribution in [1.29, 1.82) is 0 Å². The molecular weight excluding hydrogens is 672 g/mol. The van der Waals surface area contributed by atoms with Crippen molar-refractivity contribution in [3.63, 3.8) is 0 Å². The molecule has 0 aliphatic carbocycles. The number of carbonyl (C=O) groups is 4. The lowest BCUT2D eigenvalue weighted by Crippen LogP contribution is -2.57. The first-order chi connectivity index (χ1) is 23.5. The fourth-order valence-corrected chi connectivity index (χ4v) is 6.07. The predicted octanol–water partition coefficient (Wildman–Crippen LogP) is 2.10. The molecule has 0 saturated heterocycles. The van der Waals surface area contributed by atoms with E-state index >= 15 is 0 Å². The molecule has 49 heavy (non-hydrogen) atoms. The Balaban J connectivity index is 1.54. The topological polar surface area (TPSA) is 181 Å². The molecule has 14 nitrogen and oxygen atoms in total. The summed E-state index contributed by atoms with van der Waals surface area (Å²) < 4.78 is 7.53. The Labute approximate surface area is 294 Å². The van der Waals surface area contributed by atoms with E-state index in [1.54, 1.807) is 28.0 Å². The van der Waals surface area contributed by atoms with Gasteiger partial charge in [0.1, 0.15) is 17.8 Å². The number of aliphatic hydroxyl groups excluding tert-OH is 1. The first-order valence-corrected chi connectivity index (χ1v) is 17.6. The van der Waals surface area contributed by atoms with Gasteiger partial charge in [-0.15, -0.1) is 16.9 Å². The number of ether oxygens (including phenoxy) is 1. The fourth-order valence-electron chi connectivity index (χ4n) is 5.04. The largest absolute Gasteiger partial charge is 0.492 e. The molecule has 5 rings (SSSR count). The molecule has 0 radical (unpaired) electrons. The SMILES string of the molecule is CC(C)C[C@H]1NC(=O)[C@H]([C@@H](C)O)NC(=O)c2ccc(c(Cl)c2)OCCCn2cc(nn2)CCN(C(=O)CSc2ccncc2)CCNC1=O. The molecule has 264 valence electrons. The standard InChI is InChI=1S/C33H43ClN8O6S/c1-21(2)17-27-32(46)36-12-15-41(29(44)20-49-25-7-10-35-11-8-25)14-9-24-19-42(40-39-24)13-4-16-48-28-6-5-23(18-26(28)34)31(45)38-30(22(3)43)33(47)37-27/h5-8,10-11,18-19,21-22,27,30,43H,4,9,12-17,20H2,1-3H3,(H,36,46)(H,37,47)(H,38,45)/t22-,27-,30+/m1/s1. The first kappa shape index (κ1) is 37.6. The fraction of sp³-hybridized carbons (Fsp3) is 0.485. The lowest BCUT2D eigenvalue weighted by atomic mass is 10.0. The van der Waals surface area contributed by atoms with Crippen molar-refractivity contribution in [2.24, 2.45) is 5.92 Å². The average Bonchev–Trinajstić information content (AvgIpc) is 3.53. The zero-order valence-corrected chi connectivity index (χ0v) is 29.4. The van der Waals surface area contributed by atoms with E-state index < -0.39 is 35.9 Å². The summed E-state index contributed by atoms with van der Waals surface area (Å²) >= 11 is 7.80. The van der Waals surface area contributed by atoms with Crippen LogP contribution in [0.3, 0.4) is 0 Å². The Hall–Kier alpha value is -4.21. The number of pyridine rings is 1. The van der Waals surface area contributed by atoms with Gasteiger partial charge in [-0.25, -0.2) is 0 Å². The van der Waals surface area contributed by atoms with Crippen molar-refractivity contribution in [2.45, 2.75) is 69.7 Å². The third kappa shape index (κ3) is 11.7. The number of nitrogens with zero attached hydrogens (tertiary/aromatic N) is 5. The number of halogens is 1. The van der Waals surface area contributed by atoms with Crippen LogP contribution in [0.1, 0.15) is 49.7 Å². The van der Waals surface area contributed by atoms with Crippen molar-refractivity contribution in [3.8, 4) is 5.75 Å². The van der Waals surface area contributed by atoms with E-state index in [-0.39, 0.29) is 41.3 Å². The third-order valence-corrected chi connectivity index (χ3v) is 8.94. The monoisotopic (exact) mass is 714 g/mol. The van der Waals surface area contributed by atoms with Crippen LogP contribution in [0, 0.1) is 5.92 Å². The minimum Gasteiger partial charge on any atom is -0.492 e. The van der Waals surface area contributed by atoms with E-state index in [4.69, 9.17) is 16.3 Å². The molecule has 0 spiro atoms. The maximum absolute atomic E-state index is 13.4. The molecule has 4 amide bonds. The highest BCUT2D eigenvalue weighted by Crippen LogP contribution is 2.26. The number of carbonyl (C=O) groups excluding carboxylic acids is 4. The van der Waals surface area contributed by atoms with Crippen LogP contribution in [-0.4, -0.2) is 104 Å². The van der Waals surface area contributed by atoms with Gasteiger partial charge in [-0.1, -0.05) is 30.7 Å². The molecule has 4 heterocycles. The van der Waals surface area contributed by atoms with Crippen LogP contribution in [0.4, 0.5) is 0 Å². The number of nitrogens with one attached hydrogen (secondary N) is 3. The van der Waals surface area contributed by atoms with Gasteiger partial charge in [-0.05, 0) is 49.6 Å². The second kappa shape index (κ2) is 18.5. The molecule has 0 fully saturated rings. The van der Waals surface area contributed by atoms with Crippen molar-refractivity contribution >= 4 is 47.0 Å². The third-order valence-electron chi connectivity index (χ3n) is 7.64. The number of fused-ring (bicyclic) bond motifs is 17. The first-order valence-electron chi connectivity index (χ1n) is 16.2. The minimum absolute atomic E-state index is 0.0297. The molecule has 4 bridgehead atoms. The zero-order valence-electron chi connectivity index (χ0n) is 27.8. The second-order valence-corrected chi connectivity index (χ2v) is 13.6. The van der Waals surface area contributed by atoms with Crippen LogP contribution in [0.2, 0.25) is 5.02 Å². The van der Waals surface area contributed by atoms with Crippen LogP contribution >= 0.6 is 23.4 Å². The quantitative estimate of drug-likeness (QED) is 0.218. The number of hydrogen-bond donors (Lipinski definition) is 4. The summed E-state index contributed by atoms with van der Waals surface area (Å²) in [7, 11) is 0. The Morgan fingerprint density at radius 2 is 1.86 bits per heavy atom. The van der Waals surface area contributed by atoms with Crippen molar-refractivity contribution in [2.75, 3.05) is 32.0 Å². The zero-order chi connectivity index (χ0) is 35.3.